The Morgan fingerprint density at radius 2 is 0.727 bits per heavy atom. The van der Waals surface area contributed by atoms with Crippen molar-refractivity contribution in [3.8, 4) is 0 Å². The fourth-order valence-corrected chi connectivity index (χ4v) is 5.87. The molecule has 0 saturated carbocycles. The number of phosphoric ester groups is 1. The number of ether oxygens (including phenoxy) is 2. The standard InChI is InChI=1S/C35H69O8P/c1-3-5-7-9-11-13-15-17-19-21-23-25-27-29-34(36)41-31-33(43-44(38,39)40)32-42-35(37)30-28-26-24-22-20-18-16-14-12-10-8-6-4-2/h33H,3-32H2,1-2H3,(H2,38,39,40)/p-2. The maximum absolute atomic E-state index is 12.1. The minimum absolute atomic E-state index is 0.218. The molecule has 0 unspecified atom stereocenters. The highest BCUT2D eigenvalue weighted by molar-refractivity contribution is 7.43. The smallest absolute Gasteiger partial charge is 0.305 e. The van der Waals surface area contributed by atoms with Crippen molar-refractivity contribution in [2.24, 2.45) is 0 Å². The Morgan fingerprint density at radius 3 is 0.977 bits per heavy atom. The van der Waals surface area contributed by atoms with Crippen molar-refractivity contribution < 1.29 is 37.9 Å². The lowest BCUT2D eigenvalue weighted by atomic mass is 10.0. The molecule has 0 saturated heterocycles. The topological polar surface area (TPSA) is 125 Å². The van der Waals surface area contributed by atoms with Crippen molar-refractivity contribution in [1.29, 1.82) is 0 Å². The van der Waals surface area contributed by atoms with Gasteiger partial charge in [0.2, 0.25) is 0 Å². The van der Waals surface area contributed by atoms with E-state index in [0.717, 1.165) is 38.5 Å². The first-order chi connectivity index (χ1) is 21.3. The Hall–Kier alpha value is -0.950. The van der Waals surface area contributed by atoms with E-state index in [1.54, 1.807) is 0 Å². The molecule has 0 amide bonds. The van der Waals surface area contributed by atoms with Gasteiger partial charge in [-0.25, -0.2) is 0 Å². The molecule has 8 nitrogen and oxygen atoms in total. The van der Waals surface area contributed by atoms with E-state index in [0.29, 0.717) is 12.8 Å². The van der Waals surface area contributed by atoms with Crippen LogP contribution in [0.25, 0.3) is 0 Å². The third kappa shape index (κ3) is 33.9. The summed E-state index contributed by atoms with van der Waals surface area (Å²) < 4.78 is 25.8. The highest BCUT2D eigenvalue weighted by Crippen LogP contribution is 2.27. The molecule has 0 heterocycles. The van der Waals surface area contributed by atoms with Crippen LogP contribution in [0, 0.1) is 0 Å². The lowest BCUT2D eigenvalue weighted by molar-refractivity contribution is -0.346. The zero-order valence-electron chi connectivity index (χ0n) is 28.5. The van der Waals surface area contributed by atoms with Crippen molar-refractivity contribution in [3.05, 3.63) is 0 Å². The van der Waals surface area contributed by atoms with Gasteiger partial charge < -0.3 is 28.3 Å². The third-order valence-electron chi connectivity index (χ3n) is 8.11. The minimum Gasteiger partial charge on any atom is -0.790 e. The maximum atomic E-state index is 12.1. The van der Waals surface area contributed by atoms with Crippen LogP contribution < -0.4 is 9.79 Å². The van der Waals surface area contributed by atoms with Gasteiger partial charge in [-0.3, -0.25) is 9.59 Å². The number of unbranched alkanes of at least 4 members (excludes halogenated alkanes) is 24. The van der Waals surface area contributed by atoms with Crippen molar-refractivity contribution >= 4 is 19.8 Å². The Morgan fingerprint density at radius 1 is 0.477 bits per heavy atom. The number of esters is 2. The third-order valence-corrected chi connectivity index (χ3v) is 8.66. The highest BCUT2D eigenvalue weighted by atomic mass is 31.2. The molecule has 0 bridgehead atoms. The van der Waals surface area contributed by atoms with Crippen LogP contribution in [0.1, 0.15) is 194 Å². The van der Waals surface area contributed by atoms with Gasteiger partial charge in [-0.15, -0.1) is 0 Å². The fraction of sp³-hybridized carbons (Fsp3) is 0.943. The second-order valence-electron chi connectivity index (χ2n) is 12.5. The molecule has 262 valence electrons. The molecule has 9 heteroatoms. The van der Waals surface area contributed by atoms with Crippen molar-refractivity contribution in [2.75, 3.05) is 13.2 Å². The number of carbonyl (C=O) groups excluding carboxylic acids is 2. The van der Waals surface area contributed by atoms with Gasteiger partial charge >= 0.3 is 11.9 Å². The molecule has 0 fully saturated rings. The summed E-state index contributed by atoms with van der Waals surface area (Å²) in [7, 11) is -5.33. The lowest BCUT2D eigenvalue weighted by Crippen LogP contribution is -2.31. The molecule has 0 atom stereocenters. The summed E-state index contributed by atoms with van der Waals surface area (Å²) >= 11 is 0. The predicted molar refractivity (Wildman–Crippen MR) is 175 cm³/mol. The van der Waals surface area contributed by atoms with Crippen LogP contribution in [0.15, 0.2) is 0 Å². The molecule has 0 N–H and O–H groups in total. The molecule has 0 aliphatic carbocycles. The summed E-state index contributed by atoms with van der Waals surface area (Å²) in [4.78, 5) is 46.4. The Balaban J connectivity index is 3.85. The minimum atomic E-state index is -5.33. The molecule has 0 aromatic heterocycles. The Bertz CT molecular complexity index is 650. The summed E-state index contributed by atoms with van der Waals surface area (Å²) in [5, 5.41) is 0. The van der Waals surface area contributed by atoms with Gasteiger partial charge in [0.1, 0.15) is 19.3 Å². The van der Waals surface area contributed by atoms with Gasteiger partial charge in [0.15, 0.2) is 0 Å². The van der Waals surface area contributed by atoms with Crippen molar-refractivity contribution in [2.45, 2.75) is 200 Å². The number of hydrogen-bond donors (Lipinski definition) is 0. The first-order valence-electron chi connectivity index (χ1n) is 18.3. The van der Waals surface area contributed by atoms with Crippen molar-refractivity contribution in [3.63, 3.8) is 0 Å². The second kappa shape index (κ2) is 32.0. The molecule has 0 aromatic carbocycles. The quantitative estimate of drug-likeness (QED) is 0.0385. The first-order valence-corrected chi connectivity index (χ1v) is 19.8. The van der Waals surface area contributed by atoms with Crippen LogP contribution in [0.4, 0.5) is 0 Å². The largest absolute Gasteiger partial charge is 0.790 e. The van der Waals surface area contributed by atoms with E-state index < -0.39 is 39.1 Å². The molecule has 0 spiro atoms. The molecule has 0 rings (SSSR count). The van der Waals surface area contributed by atoms with E-state index in [1.165, 1.54) is 116 Å². The summed E-state index contributed by atoms with van der Waals surface area (Å²) in [6, 6.07) is 0. The zero-order valence-corrected chi connectivity index (χ0v) is 29.4. The molecule has 0 aliphatic rings. The fourth-order valence-electron chi connectivity index (χ4n) is 5.38. The van der Waals surface area contributed by atoms with Gasteiger partial charge in [-0.05, 0) is 12.8 Å². The van der Waals surface area contributed by atoms with E-state index in [1.807, 2.05) is 0 Å². The molecular weight excluding hydrogens is 579 g/mol. The van der Waals surface area contributed by atoms with Gasteiger partial charge in [-0.1, -0.05) is 168 Å². The van der Waals surface area contributed by atoms with Crippen LogP contribution in [0.5, 0.6) is 0 Å². The van der Waals surface area contributed by atoms with Crippen LogP contribution in [0.3, 0.4) is 0 Å². The van der Waals surface area contributed by atoms with Crippen LogP contribution in [-0.4, -0.2) is 31.3 Å². The summed E-state index contributed by atoms with van der Waals surface area (Å²) in [6.07, 6.45) is 30.4. The molecule has 0 radical (unpaired) electrons. The highest BCUT2D eigenvalue weighted by Gasteiger charge is 2.17. The Kier molecular flexibility index (Phi) is 31.3. The van der Waals surface area contributed by atoms with E-state index in [2.05, 4.69) is 18.4 Å². The predicted octanol–water partition coefficient (Wildman–Crippen LogP) is 9.25. The van der Waals surface area contributed by atoms with Crippen LogP contribution >= 0.6 is 7.82 Å². The molecular formula is C35H67O8P-2. The van der Waals surface area contributed by atoms with Crippen LogP contribution in [-0.2, 0) is 28.2 Å². The lowest BCUT2D eigenvalue weighted by Gasteiger charge is -2.32. The first kappa shape index (κ1) is 43.0. The van der Waals surface area contributed by atoms with E-state index >= 15 is 0 Å². The normalized spacial score (nSPS) is 11.8. The maximum Gasteiger partial charge on any atom is 0.305 e. The van der Waals surface area contributed by atoms with Gasteiger partial charge in [0.25, 0.3) is 0 Å². The molecule has 0 aliphatic heterocycles. The average Bonchev–Trinajstić information content (AvgIpc) is 2.98. The Labute approximate surface area is 270 Å². The van der Waals surface area contributed by atoms with Gasteiger partial charge in [0, 0.05) is 12.8 Å². The SMILES string of the molecule is CCCCCCCCCCCCCCCC(=O)OCC(COC(=O)CCCCCCCCCCCCCCC)OP(=O)([O-])[O-]. The summed E-state index contributed by atoms with van der Waals surface area (Å²) in [5.41, 5.74) is 0. The summed E-state index contributed by atoms with van der Waals surface area (Å²) in [5.74, 6) is -0.960. The number of hydrogen-bond acceptors (Lipinski definition) is 8. The zero-order chi connectivity index (χ0) is 32.6. The number of rotatable bonds is 34. The van der Waals surface area contributed by atoms with E-state index in [9.17, 15) is 23.9 Å². The molecule has 44 heavy (non-hydrogen) atoms. The van der Waals surface area contributed by atoms with Gasteiger partial charge in [0.05, 0.1) is 7.82 Å². The van der Waals surface area contributed by atoms with Gasteiger partial charge in [-0.2, -0.15) is 0 Å². The molecule has 0 aromatic rings. The number of carbonyl (C=O) groups is 2. The second-order valence-corrected chi connectivity index (χ2v) is 13.6. The van der Waals surface area contributed by atoms with E-state index in [4.69, 9.17) is 9.47 Å². The van der Waals surface area contributed by atoms with E-state index in [-0.39, 0.29) is 12.8 Å². The van der Waals surface area contributed by atoms with Crippen molar-refractivity contribution in [1.82, 2.24) is 0 Å². The monoisotopic (exact) mass is 646 g/mol. The average molecular weight is 647 g/mol. The van der Waals surface area contributed by atoms with Crippen LogP contribution in [0.2, 0.25) is 0 Å². The number of phosphoric acid groups is 1. The summed E-state index contributed by atoms with van der Waals surface area (Å²) in [6.45, 7) is 3.58.